The first-order valence-electron chi connectivity index (χ1n) is 7.75. The van der Waals surface area contributed by atoms with Gasteiger partial charge in [0.1, 0.15) is 0 Å². The summed E-state index contributed by atoms with van der Waals surface area (Å²) in [6.07, 6.45) is 2.17. The van der Waals surface area contributed by atoms with Crippen LogP contribution in [-0.4, -0.2) is 44.7 Å². The molecule has 7 heteroatoms. The first kappa shape index (κ1) is 16.0. The highest BCUT2D eigenvalue weighted by atomic mass is 32.1. The molecule has 1 amide bonds. The van der Waals surface area contributed by atoms with Crippen molar-refractivity contribution in [2.45, 2.75) is 32.0 Å². The van der Waals surface area contributed by atoms with Crippen molar-refractivity contribution in [3.8, 4) is 0 Å². The first-order valence-corrected chi connectivity index (χ1v) is 8.58. The van der Waals surface area contributed by atoms with Crippen LogP contribution in [-0.2, 0) is 13.1 Å². The monoisotopic (exact) mass is 332 g/mol. The minimum absolute atomic E-state index is 0.204. The van der Waals surface area contributed by atoms with E-state index in [1.54, 1.807) is 5.38 Å². The smallest absolute Gasteiger partial charge is 0.273 e. The Labute approximate surface area is 139 Å². The van der Waals surface area contributed by atoms with Gasteiger partial charge < -0.3 is 10.4 Å². The number of nitrogens with one attached hydrogen (secondary N) is 1. The molecule has 0 bridgehead atoms. The summed E-state index contributed by atoms with van der Waals surface area (Å²) >= 11 is 1.16. The van der Waals surface area contributed by atoms with E-state index in [1.807, 2.05) is 18.2 Å². The summed E-state index contributed by atoms with van der Waals surface area (Å²) in [6.45, 7) is 2.48. The lowest BCUT2D eigenvalue weighted by Gasteiger charge is -2.24. The molecule has 6 nitrogen and oxygen atoms in total. The van der Waals surface area contributed by atoms with E-state index in [-0.39, 0.29) is 18.6 Å². The number of hydrogen-bond donors (Lipinski definition) is 2. The third kappa shape index (κ3) is 3.93. The van der Waals surface area contributed by atoms with Crippen LogP contribution in [0.4, 0.5) is 0 Å². The van der Waals surface area contributed by atoms with E-state index < -0.39 is 0 Å². The van der Waals surface area contributed by atoms with E-state index in [4.69, 9.17) is 0 Å². The second-order valence-electron chi connectivity index (χ2n) is 5.69. The van der Waals surface area contributed by atoms with Crippen LogP contribution >= 0.6 is 11.5 Å². The van der Waals surface area contributed by atoms with E-state index in [9.17, 15) is 9.90 Å². The van der Waals surface area contributed by atoms with Gasteiger partial charge in [-0.15, -0.1) is 5.10 Å². The van der Waals surface area contributed by atoms with Crippen LogP contribution in [0.3, 0.4) is 0 Å². The molecule has 1 aromatic carbocycles. The molecule has 2 heterocycles. The molecule has 1 unspecified atom stereocenters. The molecule has 0 spiro atoms. The second-order valence-corrected chi connectivity index (χ2v) is 6.30. The van der Waals surface area contributed by atoms with Gasteiger partial charge in [0, 0.05) is 24.5 Å². The Kier molecular flexibility index (Phi) is 5.32. The summed E-state index contributed by atoms with van der Waals surface area (Å²) in [6, 6.07) is 8.34. The maximum absolute atomic E-state index is 12.0. The highest BCUT2D eigenvalue weighted by Crippen LogP contribution is 2.21. The van der Waals surface area contributed by atoms with Crippen molar-refractivity contribution >= 4 is 17.4 Å². The number of benzene rings is 1. The van der Waals surface area contributed by atoms with Crippen LogP contribution in [0.25, 0.3) is 0 Å². The Morgan fingerprint density at radius 3 is 2.96 bits per heavy atom. The average Bonchev–Trinajstić information content (AvgIpc) is 3.25. The topological polar surface area (TPSA) is 78.4 Å². The van der Waals surface area contributed by atoms with E-state index in [2.05, 4.69) is 25.9 Å². The predicted molar refractivity (Wildman–Crippen MR) is 88.0 cm³/mol. The molecule has 2 N–H and O–H groups in total. The summed E-state index contributed by atoms with van der Waals surface area (Å²) in [4.78, 5) is 14.3. The molecular weight excluding hydrogens is 312 g/mol. The lowest BCUT2D eigenvalue weighted by Crippen LogP contribution is -2.32. The van der Waals surface area contributed by atoms with Crippen molar-refractivity contribution in [2.75, 3.05) is 13.2 Å². The largest absolute Gasteiger partial charge is 0.395 e. The van der Waals surface area contributed by atoms with Gasteiger partial charge in [0.15, 0.2) is 5.69 Å². The SMILES string of the molecule is O=C(NCc1ccccc1CN1CCCC1CO)c1csnn1. The zero-order valence-corrected chi connectivity index (χ0v) is 13.6. The minimum Gasteiger partial charge on any atom is -0.395 e. The summed E-state index contributed by atoms with van der Waals surface area (Å²) in [5, 5.41) is 17.8. The molecule has 0 radical (unpaired) electrons. The number of aliphatic hydroxyl groups excluding tert-OH is 1. The number of likely N-dealkylation sites (tertiary alicyclic amines) is 1. The van der Waals surface area contributed by atoms with Crippen molar-refractivity contribution in [3.05, 3.63) is 46.5 Å². The lowest BCUT2D eigenvalue weighted by molar-refractivity contribution is 0.0945. The van der Waals surface area contributed by atoms with Crippen LogP contribution in [0, 0.1) is 0 Å². The molecule has 1 fully saturated rings. The van der Waals surface area contributed by atoms with Crippen LogP contribution in [0.15, 0.2) is 29.6 Å². The Hall–Kier alpha value is -1.83. The number of aliphatic hydroxyl groups is 1. The summed E-state index contributed by atoms with van der Waals surface area (Å²) in [5.41, 5.74) is 2.63. The van der Waals surface area contributed by atoms with Crippen LogP contribution < -0.4 is 5.32 Å². The van der Waals surface area contributed by atoms with Gasteiger partial charge in [-0.3, -0.25) is 9.69 Å². The maximum atomic E-state index is 12.0. The number of carbonyl (C=O) groups is 1. The number of carbonyl (C=O) groups excluding carboxylic acids is 1. The van der Waals surface area contributed by atoms with Crippen molar-refractivity contribution in [1.29, 1.82) is 0 Å². The normalized spacial score (nSPS) is 18.2. The average molecular weight is 332 g/mol. The zero-order chi connectivity index (χ0) is 16.1. The highest BCUT2D eigenvalue weighted by molar-refractivity contribution is 7.03. The minimum atomic E-state index is -0.206. The molecule has 1 atom stereocenters. The first-order chi connectivity index (χ1) is 11.3. The number of hydrogen-bond acceptors (Lipinski definition) is 6. The van der Waals surface area contributed by atoms with Gasteiger partial charge in [-0.25, -0.2) is 0 Å². The molecule has 1 aromatic heterocycles. The number of aromatic nitrogens is 2. The quantitative estimate of drug-likeness (QED) is 0.836. The molecule has 1 aliphatic rings. The molecule has 2 aromatic rings. The maximum Gasteiger partial charge on any atom is 0.273 e. The molecule has 23 heavy (non-hydrogen) atoms. The van der Waals surface area contributed by atoms with Crippen LogP contribution in [0.2, 0.25) is 0 Å². The third-order valence-electron chi connectivity index (χ3n) is 4.23. The van der Waals surface area contributed by atoms with Crippen molar-refractivity contribution in [2.24, 2.45) is 0 Å². The van der Waals surface area contributed by atoms with Gasteiger partial charge >= 0.3 is 0 Å². The van der Waals surface area contributed by atoms with Gasteiger partial charge in [-0.05, 0) is 42.0 Å². The van der Waals surface area contributed by atoms with E-state index in [0.29, 0.717) is 12.2 Å². The molecule has 122 valence electrons. The van der Waals surface area contributed by atoms with Gasteiger partial charge in [-0.1, -0.05) is 28.8 Å². The van der Waals surface area contributed by atoms with Crippen LogP contribution in [0.5, 0.6) is 0 Å². The summed E-state index contributed by atoms with van der Waals surface area (Å²) in [7, 11) is 0. The Balaban J connectivity index is 1.65. The fourth-order valence-corrected chi connectivity index (χ4v) is 3.38. The van der Waals surface area contributed by atoms with Crippen molar-refractivity contribution in [1.82, 2.24) is 19.8 Å². The molecule has 3 rings (SSSR count). The number of rotatable bonds is 6. The zero-order valence-electron chi connectivity index (χ0n) is 12.8. The van der Waals surface area contributed by atoms with Gasteiger partial charge in [0.05, 0.1) is 6.61 Å². The number of nitrogens with zero attached hydrogens (tertiary/aromatic N) is 3. The summed E-state index contributed by atoms with van der Waals surface area (Å²) in [5.74, 6) is -0.206. The van der Waals surface area contributed by atoms with Gasteiger partial charge in [0.25, 0.3) is 5.91 Å². The molecule has 1 aliphatic heterocycles. The third-order valence-corrected chi connectivity index (χ3v) is 4.74. The lowest BCUT2D eigenvalue weighted by atomic mass is 10.1. The Morgan fingerprint density at radius 2 is 2.22 bits per heavy atom. The van der Waals surface area contributed by atoms with E-state index in [0.717, 1.165) is 43.0 Å². The molecule has 1 saturated heterocycles. The molecular formula is C16H20N4O2S. The predicted octanol–water partition coefficient (Wildman–Crippen LogP) is 1.42. The van der Waals surface area contributed by atoms with E-state index >= 15 is 0 Å². The highest BCUT2D eigenvalue weighted by Gasteiger charge is 2.24. The standard InChI is InChI=1S/C16H20N4O2S/c21-10-14-6-3-7-20(14)9-13-5-2-1-4-12(13)8-17-16(22)15-11-23-19-18-15/h1-2,4-5,11,14,21H,3,6-10H2,(H,17,22). The Bertz CT molecular complexity index is 647. The van der Waals surface area contributed by atoms with E-state index in [1.165, 1.54) is 5.56 Å². The molecule has 0 aliphatic carbocycles. The van der Waals surface area contributed by atoms with Crippen LogP contribution in [0.1, 0.15) is 34.5 Å². The Morgan fingerprint density at radius 1 is 1.39 bits per heavy atom. The van der Waals surface area contributed by atoms with Crippen molar-refractivity contribution < 1.29 is 9.90 Å². The molecule has 0 saturated carbocycles. The second kappa shape index (κ2) is 7.63. The van der Waals surface area contributed by atoms with Crippen molar-refractivity contribution in [3.63, 3.8) is 0 Å². The fraction of sp³-hybridized carbons (Fsp3) is 0.438. The fourth-order valence-electron chi connectivity index (χ4n) is 2.94. The van der Waals surface area contributed by atoms with Gasteiger partial charge in [-0.2, -0.15) is 0 Å². The number of amides is 1. The summed E-state index contributed by atoms with van der Waals surface area (Å²) < 4.78 is 3.70. The van der Waals surface area contributed by atoms with Gasteiger partial charge in [0.2, 0.25) is 0 Å².